The van der Waals surface area contributed by atoms with Crippen LogP contribution < -0.4 is 11.2 Å². The number of nitrogens with one attached hydrogen (secondary N) is 1. The zero-order valence-corrected chi connectivity index (χ0v) is 13.2. The van der Waals surface area contributed by atoms with Gasteiger partial charge < -0.3 is 10.2 Å². The number of carbonyl (C=O) groups excluding carboxylic acids is 2. The molecule has 6 nitrogen and oxygen atoms in total. The fraction of sp³-hybridized carbons (Fsp3) is 0.500. The molecule has 1 unspecified atom stereocenters. The molecule has 1 atom stereocenters. The van der Waals surface area contributed by atoms with Crippen LogP contribution in [-0.4, -0.2) is 34.4 Å². The van der Waals surface area contributed by atoms with Crippen LogP contribution in [0.1, 0.15) is 38.7 Å². The van der Waals surface area contributed by atoms with Gasteiger partial charge in [0.2, 0.25) is 5.91 Å². The van der Waals surface area contributed by atoms with Gasteiger partial charge in [-0.15, -0.1) is 0 Å². The number of nitrogens with zero attached hydrogens (tertiary/aromatic N) is 2. The highest BCUT2D eigenvalue weighted by Gasteiger charge is 2.26. The second-order valence-electron chi connectivity index (χ2n) is 5.83. The Balaban J connectivity index is 1.94. The van der Waals surface area contributed by atoms with Crippen molar-refractivity contribution in [3.05, 3.63) is 29.8 Å². The van der Waals surface area contributed by atoms with Crippen molar-refractivity contribution in [1.82, 2.24) is 9.91 Å². The number of amides is 3. The predicted octanol–water partition coefficient (Wildman–Crippen LogP) is 2.32. The molecule has 1 aliphatic heterocycles. The van der Waals surface area contributed by atoms with Gasteiger partial charge in [-0.2, -0.15) is 0 Å². The fourth-order valence-electron chi connectivity index (χ4n) is 2.71. The molecule has 1 aromatic rings. The molecule has 0 saturated carbocycles. The van der Waals surface area contributed by atoms with Crippen LogP contribution in [0, 0.1) is 0 Å². The van der Waals surface area contributed by atoms with Gasteiger partial charge >= 0.3 is 6.03 Å². The first kappa shape index (κ1) is 16.3. The van der Waals surface area contributed by atoms with Gasteiger partial charge in [0.05, 0.1) is 6.54 Å². The van der Waals surface area contributed by atoms with Gasteiger partial charge in [-0.25, -0.2) is 10.6 Å². The molecule has 0 spiro atoms. The molecule has 1 fully saturated rings. The van der Waals surface area contributed by atoms with Gasteiger partial charge in [-0.1, -0.05) is 12.1 Å². The maximum Gasteiger partial charge on any atom is 0.334 e. The molecule has 3 N–H and O–H groups in total. The predicted molar refractivity (Wildman–Crippen MR) is 85.9 cm³/mol. The molecule has 3 amide bonds. The van der Waals surface area contributed by atoms with E-state index >= 15 is 0 Å². The molecule has 0 radical (unpaired) electrons. The number of benzene rings is 1. The van der Waals surface area contributed by atoms with Crippen molar-refractivity contribution < 1.29 is 9.59 Å². The SMILES string of the molecule is CC(=O)Nc1ccc(CN(N)C(=O)N2CCCCC2C)cc1. The van der Waals surface area contributed by atoms with Crippen molar-refractivity contribution >= 4 is 17.6 Å². The molecule has 2 rings (SSSR count). The Morgan fingerprint density at radius 3 is 2.59 bits per heavy atom. The van der Waals surface area contributed by atoms with Crippen molar-refractivity contribution in [2.45, 2.75) is 45.7 Å². The lowest BCUT2D eigenvalue weighted by molar-refractivity contribution is -0.114. The Hall–Kier alpha value is -2.08. The van der Waals surface area contributed by atoms with Crippen LogP contribution >= 0.6 is 0 Å². The lowest BCUT2D eigenvalue weighted by Crippen LogP contribution is -2.51. The second-order valence-corrected chi connectivity index (χ2v) is 5.83. The van der Waals surface area contributed by atoms with Gasteiger partial charge in [0.25, 0.3) is 0 Å². The number of urea groups is 1. The summed E-state index contributed by atoms with van der Waals surface area (Å²) >= 11 is 0. The number of likely N-dealkylation sites (tertiary alicyclic amines) is 1. The lowest BCUT2D eigenvalue weighted by atomic mass is 10.0. The van der Waals surface area contributed by atoms with Crippen LogP contribution in [0.4, 0.5) is 10.5 Å². The normalized spacial score (nSPS) is 18.0. The summed E-state index contributed by atoms with van der Waals surface area (Å²) in [6.07, 6.45) is 3.24. The maximum absolute atomic E-state index is 12.4. The van der Waals surface area contributed by atoms with Gasteiger partial charge in [-0.05, 0) is 43.9 Å². The molecular weight excluding hydrogens is 280 g/mol. The average Bonchev–Trinajstić information content (AvgIpc) is 2.48. The quantitative estimate of drug-likeness (QED) is 0.511. The molecule has 1 heterocycles. The summed E-state index contributed by atoms with van der Waals surface area (Å²) in [5.41, 5.74) is 1.66. The van der Waals surface area contributed by atoms with Gasteiger partial charge in [0.1, 0.15) is 0 Å². The monoisotopic (exact) mass is 304 g/mol. The van der Waals surface area contributed by atoms with Crippen LogP contribution in [0.15, 0.2) is 24.3 Å². The van der Waals surface area contributed by atoms with E-state index in [0.717, 1.165) is 30.6 Å². The largest absolute Gasteiger partial charge is 0.334 e. The Morgan fingerprint density at radius 1 is 1.32 bits per heavy atom. The van der Waals surface area contributed by atoms with Crippen LogP contribution in [0.5, 0.6) is 0 Å². The van der Waals surface area contributed by atoms with Crippen LogP contribution in [-0.2, 0) is 11.3 Å². The highest BCUT2D eigenvalue weighted by atomic mass is 16.2. The zero-order chi connectivity index (χ0) is 16.1. The molecule has 1 saturated heterocycles. The average molecular weight is 304 g/mol. The molecule has 22 heavy (non-hydrogen) atoms. The number of nitrogens with two attached hydrogens (primary N) is 1. The van der Waals surface area contributed by atoms with Crippen molar-refractivity contribution in [2.75, 3.05) is 11.9 Å². The third-order valence-corrected chi connectivity index (χ3v) is 3.92. The second kappa shape index (κ2) is 7.26. The molecule has 120 valence electrons. The van der Waals surface area contributed by atoms with Crippen molar-refractivity contribution in [2.24, 2.45) is 5.84 Å². The summed E-state index contributed by atoms with van der Waals surface area (Å²) in [5.74, 6) is 5.82. The zero-order valence-electron chi connectivity index (χ0n) is 13.2. The highest BCUT2D eigenvalue weighted by molar-refractivity contribution is 5.88. The van der Waals surface area contributed by atoms with E-state index in [4.69, 9.17) is 5.84 Å². The summed E-state index contributed by atoms with van der Waals surface area (Å²) in [4.78, 5) is 25.2. The number of hydrogen-bond acceptors (Lipinski definition) is 3. The van der Waals surface area contributed by atoms with Gasteiger partial charge in [-0.3, -0.25) is 9.80 Å². The van der Waals surface area contributed by atoms with Crippen molar-refractivity contribution in [3.63, 3.8) is 0 Å². The highest BCUT2D eigenvalue weighted by Crippen LogP contribution is 2.18. The lowest BCUT2D eigenvalue weighted by Gasteiger charge is -2.35. The van der Waals surface area contributed by atoms with E-state index in [1.807, 2.05) is 17.0 Å². The molecule has 0 aromatic heterocycles. The first-order valence-electron chi connectivity index (χ1n) is 7.66. The maximum atomic E-state index is 12.4. The molecule has 6 heteroatoms. The van der Waals surface area contributed by atoms with E-state index in [0.29, 0.717) is 6.54 Å². The van der Waals surface area contributed by atoms with E-state index in [2.05, 4.69) is 12.2 Å². The fourth-order valence-corrected chi connectivity index (χ4v) is 2.71. The van der Waals surface area contributed by atoms with Crippen LogP contribution in [0.2, 0.25) is 0 Å². The topological polar surface area (TPSA) is 78.7 Å². The smallest absolute Gasteiger partial charge is 0.326 e. The van der Waals surface area contributed by atoms with E-state index in [1.165, 1.54) is 18.4 Å². The molecule has 0 bridgehead atoms. The Morgan fingerprint density at radius 2 is 2.00 bits per heavy atom. The third-order valence-electron chi connectivity index (χ3n) is 3.92. The van der Waals surface area contributed by atoms with Crippen molar-refractivity contribution in [1.29, 1.82) is 0 Å². The van der Waals surface area contributed by atoms with Gasteiger partial charge in [0.15, 0.2) is 0 Å². The minimum Gasteiger partial charge on any atom is -0.326 e. The summed E-state index contributed by atoms with van der Waals surface area (Å²) in [6.45, 7) is 4.65. The Labute approximate surface area is 131 Å². The number of carbonyl (C=O) groups is 2. The van der Waals surface area contributed by atoms with Crippen LogP contribution in [0.25, 0.3) is 0 Å². The molecular formula is C16H24N4O2. The third kappa shape index (κ3) is 4.21. The first-order chi connectivity index (χ1) is 10.5. The molecule has 0 aliphatic carbocycles. The number of rotatable bonds is 3. The summed E-state index contributed by atoms with van der Waals surface area (Å²) in [6, 6.07) is 7.44. The van der Waals surface area contributed by atoms with E-state index in [9.17, 15) is 9.59 Å². The molecule has 1 aromatic carbocycles. The minimum absolute atomic E-state index is 0.109. The molecule has 1 aliphatic rings. The first-order valence-corrected chi connectivity index (χ1v) is 7.66. The number of hydrazine groups is 1. The van der Waals surface area contributed by atoms with Crippen LogP contribution in [0.3, 0.4) is 0 Å². The van der Waals surface area contributed by atoms with Crippen molar-refractivity contribution in [3.8, 4) is 0 Å². The Bertz CT molecular complexity index is 529. The minimum atomic E-state index is -0.127. The van der Waals surface area contributed by atoms with E-state index in [1.54, 1.807) is 12.1 Å². The van der Waals surface area contributed by atoms with E-state index < -0.39 is 0 Å². The summed E-state index contributed by atoms with van der Waals surface area (Å²) in [7, 11) is 0. The number of anilines is 1. The summed E-state index contributed by atoms with van der Waals surface area (Å²) < 4.78 is 0. The number of piperidine rings is 1. The summed E-state index contributed by atoms with van der Waals surface area (Å²) in [5, 5.41) is 3.97. The number of hydrogen-bond donors (Lipinski definition) is 2. The van der Waals surface area contributed by atoms with E-state index in [-0.39, 0.29) is 18.0 Å². The standard InChI is InChI=1S/C16H24N4O2/c1-12-5-3-4-10-19(12)16(22)20(17)11-14-6-8-15(9-7-14)18-13(2)21/h6-9,12H,3-5,10-11,17H2,1-2H3,(H,18,21). The Kier molecular flexibility index (Phi) is 5.38. The van der Waals surface area contributed by atoms with Gasteiger partial charge in [0, 0.05) is 25.2 Å².